The van der Waals surface area contributed by atoms with Crippen molar-refractivity contribution < 1.29 is 14.3 Å². The van der Waals surface area contributed by atoms with Crippen LogP contribution < -0.4 is 4.74 Å². The minimum Gasteiger partial charge on any atom is -0.490 e. The van der Waals surface area contributed by atoms with Crippen LogP contribution in [0.1, 0.15) is 17.0 Å². The number of carbonyl (C=O) groups excluding carboxylic acids is 2. The maximum absolute atomic E-state index is 12.9. The third-order valence-corrected chi connectivity index (χ3v) is 7.06. The van der Waals surface area contributed by atoms with E-state index in [1.54, 1.807) is 18.2 Å². The maximum atomic E-state index is 12.9. The summed E-state index contributed by atoms with van der Waals surface area (Å²) in [5.74, 6) is 0.224. The molecule has 1 saturated heterocycles. The first-order valence-corrected chi connectivity index (χ1v) is 12.2. The lowest BCUT2D eigenvalue weighted by molar-refractivity contribution is -0.123. The van der Waals surface area contributed by atoms with Crippen LogP contribution in [-0.4, -0.2) is 33.8 Å². The van der Waals surface area contributed by atoms with Gasteiger partial charge in [-0.15, -0.1) is 0 Å². The van der Waals surface area contributed by atoms with Crippen LogP contribution in [0.15, 0.2) is 59.5 Å². The Morgan fingerprint density at radius 1 is 1.09 bits per heavy atom. The predicted octanol–water partition coefficient (Wildman–Crippen LogP) is 6.47. The molecule has 0 unspecified atom stereocenters. The number of imide groups is 1. The summed E-state index contributed by atoms with van der Waals surface area (Å²) in [7, 11) is 0. The van der Waals surface area contributed by atoms with E-state index in [1.807, 2.05) is 32.0 Å². The number of halogens is 2. The average molecular weight is 579 g/mol. The highest BCUT2D eigenvalue weighted by Crippen LogP contribution is 2.34. The third kappa shape index (κ3) is 4.74. The summed E-state index contributed by atoms with van der Waals surface area (Å²) in [6.07, 6.45) is 1.80. The van der Waals surface area contributed by atoms with Crippen molar-refractivity contribution in [1.82, 2.24) is 9.47 Å². The lowest BCUT2D eigenvalue weighted by atomic mass is 10.2. The largest absolute Gasteiger partial charge is 0.490 e. The van der Waals surface area contributed by atoms with Crippen molar-refractivity contribution in [2.75, 3.05) is 13.2 Å². The zero-order valence-corrected chi connectivity index (χ0v) is 21.2. The van der Waals surface area contributed by atoms with Gasteiger partial charge >= 0.3 is 0 Å². The van der Waals surface area contributed by atoms with Crippen LogP contribution in [-0.2, 0) is 4.79 Å². The summed E-state index contributed by atoms with van der Waals surface area (Å²) in [6.45, 7) is 4.38. The minimum atomic E-state index is -0.304. The van der Waals surface area contributed by atoms with E-state index in [1.165, 1.54) is 8.47 Å². The van der Waals surface area contributed by atoms with Gasteiger partial charge in [-0.3, -0.25) is 14.5 Å². The number of rotatable bonds is 6. The molecule has 164 valence electrons. The Balaban J connectivity index is 1.50. The van der Waals surface area contributed by atoms with Crippen LogP contribution in [0.5, 0.6) is 5.75 Å². The molecular formula is C24H20ClIN2O3S. The number of carbonyl (C=O) groups is 2. The number of hydrogen-bond donors (Lipinski definition) is 0. The smallest absolute Gasteiger partial charge is 0.293 e. The van der Waals surface area contributed by atoms with Gasteiger partial charge in [0, 0.05) is 20.6 Å². The first-order valence-electron chi connectivity index (χ1n) is 9.92. The first kappa shape index (κ1) is 22.9. The predicted molar refractivity (Wildman–Crippen MR) is 138 cm³/mol. The second-order valence-electron chi connectivity index (χ2n) is 7.25. The van der Waals surface area contributed by atoms with Gasteiger partial charge in [0.25, 0.3) is 11.1 Å². The molecule has 4 rings (SSSR count). The molecule has 32 heavy (non-hydrogen) atoms. The fourth-order valence-corrected chi connectivity index (χ4v) is 4.97. The van der Waals surface area contributed by atoms with Gasteiger partial charge in [0.15, 0.2) is 0 Å². The Kier molecular flexibility index (Phi) is 6.97. The third-order valence-electron chi connectivity index (χ3n) is 5.12. The molecule has 0 spiro atoms. The summed E-state index contributed by atoms with van der Waals surface area (Å²) in [6, 6.07) is 17.4. The van der Waals surface area contributed by atoms with Crippen LogP contribution in [0, 0.1) is 17.4 Å². The summed E-state index contributed by atoms with van der Waals surface area (Å²) in [5.41, 5.74) is 4.05. The molecule has 2 amide bonds. The zero-order valence-electron chi connectivity index (χ0n) is 17.5. The second-order valence-corrected chi connectivity index (χ2v) is 9.90. The lowest BCUT2D eigenvalue weighted by Gasteiger charge is -2.13. The summed E-state index contributed by atoms with van der Waals surface area (Å²) < 4.78 is 8.94. The Bertz CT molecular complexity index is 1220. The summed E-state index contributed by atoms with van der Waals surface area (Å²) in [5, 5.41) is 0.195. The van der Waals surface area contributed by atoms with Crippen molar-refractivity contribution in [1.29, 1.82) is 0 Å². The molecule has 0 radical (unpaired) electrons. The molecule has 8 heteroatoms. The Morgan fingerprint density at radius 2 is 1.81 bits per heavy atom. The van der Waals surface area contributed by atoms with Gasteiger partial charge in [-0.1, -0.05) is 23.7 Å². The van der Waals surface area contributed by atoms with E-state index >= 15 is 0 Å². The number of ether oxygens (including phenoxy) is 1. The van der Waals surface area contributed by atoms with Crippen LogP contribution in [0.2, 0.25) is 5.02 Å². The number of benzene rings is 2. The van der Waals surface area contributed by atoms with Gasteiger partial charge in [-0.25, -0.2) is 0 Å². The normalized spacial score (nSPS) is 15.1. The molecule has 1 fully saturated rings. The van der Waals surface area contributed by atoms with Gasteiger partial charge in [-0.05, 0) is 102 Å². The van der Waals surface area contributed by atoms with E-state index in [0.717, 1.165) is 34.4 Å². The summed E-state index contributed by atoms with van der Waals surface area (Å²) in [4.78, 5) is 26.9. The van der Waals surface area contributed by atoms with Gasteiger partial charge in [0.05, 0.1) is 16.5 Å². The molecule has 0 aliphatic carbocycles. The van der Waals surface area contributed by atoms with Crippen LogP contribution in [0.4, 0.5) is 4.79 Å². The highest BCUT2D eigenvalue weighted by atomic mass is 127. The first-order chi connectivity index (χ1) is 15.3. The van der Waals surface area contributed by atoms with Gasteiger partial charge < -0.3 is 9.30 Å². The molecule has 1 aliphatic rings. The van der Waals surface area contributed by atoms with Gasteiger partial charge in [0.2, 0.25) is 0 Å². The molecule has 3 aromatic rings. The topological polar surface area (TPSA) is 51.5 Å². The van der Waals surface area contributed by atoms with E-state index in [9.17, 15) is 9.59 Å². The SMILES string of the molecule is Cc1cc(/C=C2\SC(=O)N(CCOc3ccccc3Cl)C2=O)c(C)n1-c1ccc(I)cc1. The van der Waals surface area contributed by atoms with Crippen molar-refractivity contribution in [3.63, 3.8) is 0 Å². The fraction of sp³-hybridized carbons (Fsp3) is 0.167. The van der Waals surface area contributed by atoms with Crippen molar-refractivity contribution in [2.45, 2.75) is 13.8 Å². The van der Waals surface area contributed by atoms with Crippen LogP contribution in [0.25, 0.3) is 11.8 Å². The second kappa shape index (κ2) is 9.72. The molecule has 0 bridgehead atoms. The minimum absolute atomic E-state index is 0.162. The molecule has 1 aromatic heterocycles. The van der Waals surface area contributed by atoms with E-state index in [-0.39, 0.29) is 24.3 Å². The zero-order chi connectivity index (χ0) is 22.8. The Labute approximate surface area is 209 Å². The monoisotopic (exact) mass is 578 g/mol. The average Bonchev–Trinajstić information content (AvgIpc) is 3.19. The molecule has 5 nitrogen and oxygen atoms in total. The summed E-state index contributed by atoms with van der Waals surface area (Å²) >= 11 is 9.32. The fourth-order valence-electron chi connectivity index (χ4n) is 3.56. The number of nitrogens with zero attached hydrogens (tertiary/aromatic N) is 2. The van der Waals surface area contributed by atoms with Crippen molar-refractivity contribution in [2.24, 2.45) is 0 Å². The standard InChI is InChI=1S/C24H20ClIN2O3S/c1-15-13-17(16(2)28(15)19-9-7-18(26)8-10-19)14-22-23(29)27(24(30)32-22)11-12-31-21-6-4-3-5-20(21)25/h3-10,13-14H,11-12H2,1-2H3/b22-14-. The quantitative estimate of drug-likeness (QED) is 0.249. The number of thioether (sulfide) groups is 1. The van der Waals surface area contributed by atoms with Crippen molar-refractivity contribution >= 4 is 63.2 Å². The number of aryl methyl sites for hydroxylation is 1. The molecule has 0 saturated carbocycles. The van der Waals surface area contributed by atoms with Gasteiger partial charge in [0.1, 0.15) is 12.4 Å². The highest BCUT2D eigenvalue weighted by molar-refractivity contribution is 14.1. The van der Waals surface area contributed by atoms with Crippen LogP contribution >= 0.6 is 46.0 Å². The molecule has 2 heterocycles. The molecule has 1 aliphatic heterocycles. The number of hydrogen-bond acceptors (Lipinski definition) is 4. The van der Waals surface area contributed by atoms with Gasteiger partial charge in [-0.2, -0.15) is 0 Å². The van der Waals surface area contributed by atoms with E-state index in [0.29, 0.717) is 15.7 Å². The molecule has 2 aromatic carbocycles. The van der Waals surface area contributed by atoms with E-state index < -0.39 is 0 Å². The Hall–Kier alpha value is -2.23. The van der Waals surface area contributed by atoms with E-state index in [4.69, 9.17) is 16.3 Å². The molecular weight excluding hydrogens is 559 g/mol. The molecule has 0 atom stereocenters. The highest BCUT2D eigenvalue weighted by Gasteiger charge is 2.35. The lowest BCUT2D eigenvalue weighted by Crippen LogP contribution is -2.32. The number of para-hydroxylation sites is 1. The van der Waals surface area contributed by atoms with Crippen molar-refractivity contribution in [3.05, 3.63) is 85.0 Å². The van der Waals surface area contributed by atoms with Crippen molar-refractivity contribution in [3.8, 4) is 11.4 Å². The van der Waals surface area contributed by atoms with Crippen LogP contribution in [0.3, 0.4) is 0 Å². The number of aromatic nitrogens is 1. The molecule has 0 N–H and O–H groups in total. The maximum Gasteiger partial charge on any atom is 0.293 e. The van der Waals surface area contributed by atoms with E-state index in [2.05, 4.69) is 51.4 Å². The number of amides is 2. The Morgan fingerprint density at radius 3 is 2.53 bits per heavy atom.